The fraction of sp³-hybridized carbons (Fsp3) is 0.377. The van der Waals surface area contributed by atoms with E-state index >= 15 is 0 Å². The van der Waals surface area contributed by atoms with Crippen LogP contribution in [0.25, 0.3) is 10.2 Å². The maximum Gasteiger partial charge on any atom is 0.330 e. The van der Waals surface area contributed by atoms with Gasteiger partial charge in [0.15, 0.2) is 0 Å². The molecule has 0 N–H and O–H groups in total. The van der Waals surface area contributed by atoms with Gasteiger partial charge in [0.25, 0.3) is 0 Å². The zero-order valence-electron chi connectivity index (χ0n) is 38.5. The van der Waals surface area contributed by atoms with E-state index in [-0.39, 0.29) is 35.3 Å². The minimum Gasteiger partial charge on any atom is -0.494 e. The van der Waals surface area contributed by atoms with Crippen molar-refractivity contribution < 1.29 is 52.4 Å². The molecule has 0 unspecified atom stereocenters. The van der Waals surface area contributed by atoms with E-state index in [1.807, 2.05) is 55.5 Å². The van der Waals surface area contributed by atoms with Crippen LogP contribution in [-0.4, -0.2) is 61.4 Å². The largest absolute Gasteiger partial charge is 0.494 e. The number of unbranched alkanes of at least 4 members (excludes halogenated alkanes) is 3. The lowest BCUT2D eigenvalue weighted by Crippen LogP contribution is -2.30. The number of hydrogen-bond acceptors (Lipinski definition) is 15. The third-order valence-corrected chi connectivity index (χ3v) is 13.2. The maximum absolute atomic E-state index is 13.6. The van der Waals surface area contributed by atoms with Gasteiger partial charge in [-0.3, -0.25) is 19.2 Å². The number of nitrogens with zero attached hydrogens (tertiary/aromatic N) is 3. The monoisotopic (exact) mass is 943 g/mol. The van der Waals surface area contributed by atoms with E-state index in [0.717, 1.165) is 53.2 Å². The average Bonchev–Trinajstić information content (AvgIpc) is 3.80. The number of esters is 5. The lowest BCUT2D eigenvalue weighted by molar-refractivity contribution is -0.149. The minimum atomic E-state index is -0.434. The third-order valence-electron chi connectivity index (χ3n) is 12.2. The molecular weight excluding hydrogens is 887 g/mol. The summed E-state index contributed by atoms with van der Waals surface area (Å²) in [5, 5.41) is 7.23. The molecule has 2 fully saturated rings. The lowest BCUT2D eigenvalue weighted by Gasteiger charge is -2.26. The van der Waals surface area contributed by atoms with Crippen molar-refractivity contribution in [3.63, 3.8) is 0 Å². The highest BCUT2D eigenvalue weighted by Crippen LogP contribution is 2.36. The molecule has 15 heteroatoms. The van der Waals surface area contributed by atoms with Crippen molar-refractivity contribution in [2.75, 3.05) is 25.3 Å². The summed E-state index contributed by atoms with van der Waals surface area (Å²) in [5.41, 5.74) is 3.07. The number of ether oxygens (including phenoxy) is 6. The molecule has 0 radical (unpaired) electrons. The Morgan fingerprint density at radius 2 is 1.24 bits per heavy atom. The Bertz CT molecular complexity index is 2530. The highest BCUT2D eigenvalue weighted by molar-refractivity contribution is 7.22. The van der Waals surface area contributed by atoms with Crippen LogP contribution in [-0.2, 0) is 33.4 Å². The molecule has 0 spiro atoms. The van der Waals surface area contributed by atoms with Gasteiger partial charge in [0.2, 0.25) is 5.13 Å². The van der Waals surface area contributed by atoms with Crippen molar-refractivity contribution in [3.05, 3.63) is 115 Å². The summed E-state index contributed by atoms with van der Waals surface area (Å²) in [7, 11) is 1.37. The summed E-state index contributed by atoms with van der Waals surface area (Å²) in [6.45, 7) is 6.30. The first-order valence-corrected chi connectivity index (χ1v) is 24.0. The average molecular weight is 944 g/mol. The molecule has 2 aliphatic rings. The molecule has 0 atom stereocenters. The number of carbonyl (C=O) groups is 5. The van der Waals surface area contributed by atoms with Crippen molar-refractivity contribution in [2.45, 2.75) is 84.0 Å². The molecule has 0 aliphatic heterocycles. The number of thiazole rings is 1. The smallest absolute Gasteiger partial charge is 0.330 e. The van der Waals surface area contributed by atoms with Crippen molar-refractivity contribution in [2.24, 2.45) is 28.8 Å². The number of carbonyl (C=O) groups excluding carboxylic acids is 5. The van der Waals surface area contributed by atoms with Crippen molar-refractivity contribution >= 4 is 68.4 Å². The second-order valence-electron chi connectivity index (χ2n) is 17.0. The van der Waals surface area contributed by atoms with E-state index in [4.69, 9.17) is 38.5 Å². The lowest BCUT2D eigenvalue weighted by atomic mass is 9.82. The Morgan fingerprint density at radius 1 is 0.676 bits per heavy atom. The number of rotatable bonds is 20. The molecule has 7 rings (SSSR count). The van der Waals surface area contributed by atoms with Crippen LogP contribution in [0, 0.1) is 30.6 Å². The predicted octanol–water partition coefficient (Wildman–Crippen LogP) is 10.6. The highest BCUT2D eigenvalue weighted by atomic mass is 32.1. The molecule has 5 aromatic rings. The summed E-state index contributed by atoms with van der Waals surface area (Å²) in [6.07, 6.45) is 10.1. The Morgan fingerprint density at radius 3 is 1.85 bits per heavy atom. The molecule has 68 heavy (non-hydrogen) atoms. The minimum absolute atomic E-state index is 0.233. The highest BCUT2D eigenvalue weighted by Gasteiger charge is 2.34. The Hall–Kier alpha value is -6.87. The first-order valence-electron chi connectivity index (χ1n) is 23.2. The van der Waals surface area contributed by atoms with E-state index in [1.165, 1.54) is 18.4 Å². The number of hydrogen-bond donors (Lipinski definition) is 0. The van der Waals surface area contributed by atoms with Crippen molar-refractivity contribution in [1.29, 1.82) is 0 Å². The number of para-hydroxylation sites is 1. The number of aryl methyl sites for hydroxylation is 1. The number of aromatic nitrogens is 1. The molecule has 14 nitrogen and oxygen atoms in total. The summed E-state index contributed by atoms with van der Waals surface area (Å²) in [4.78, 5) is 68.5. The molecule has 0 bridgehead atoms. The summed E-state index contributed by atoms with van der Waals surface area (Å²) in [6, 6.07) is 27.5. The number of fused-ring (bicyclic) bond motifs is 1. The molecule has 4 aromatic carbocycles. The van der Waals surface area contributed by atoms with Crippen LogP contribution < -0.4 is 24.0 Å². The van der Waals surface area contributed by atoms with Crippen LogP contribution in [0.4, 0.5) is 10.8 Å². The van der Waals surface area contributed by atoms with E-state index < -0.39 is 29.7 Å². The van der Waals surface area contributed by atoms with Crippen LogP contribution >= 0.6 is 11.3 Å². The van der Waals surface area contributed by atoms with Gasteiger partial charge in [-0.1, -0.05) is 47.7 Å². The fourth-order valence-electron chi connectivity index (χ4n) is 8.24. The Balaban J connectivity index is 0.968. The van der Waals surface area contributed by atoms with Crippen LogP contribution in [0.15, 0.2) is 109 Å². The van der Waals surface area contributed by atoms with Gasteiger partial charge in [0.1, 0.15) is 23.0 Å². The molecular formula is C53H57N3O11S. The Labute approximate surface area is 400 Å². The fourth-order valence-corrected chi connectivity index (χ4v) is 9.18. The zero-order valence-corrected chi connectivity index (χ0v) is 39.3. The van der Waals surface area contributed by atoms with E-state index in [9.17, 15) is 24.0 Å². The summed E-state index contributed by atoms with van der Waals surface area (Å²) >= 11 is 1.48. The maximum atomic E-state index is 13.6. The van der Waals surface area contributed by atoms with E-state index in [2.05, 4.69) is 6.58 Å². The summed E-state index contributed by atoms with van der Waals surface area (Å²) < 4.78 is 34.4. The van der Waals surface area contributed by atoms with Crippen LogP contribution in [0.2, 0.25) is 0 Å². The second-order valence-corrected chi connectivity index (χ2v) is 18.1. The summed E-state index contributed by atoms with van der Waals surface area (Å²) in [5.74, 6) is -1.75. The van der Waals surface area contributed by atoms with Gasteiger partial charge < -0.3 is 28.4 Å². The van der Waals surface area contributed by atoms with Gasteiger partial charge in [0, 0.05) is 11.6 Å². The van der Waals surface area contributed by atoms with Gasteiger partial charge in [-0.15, -0.1) is 0 Å². The second kappa shape index (κ2) is 24.2. The first-order chi connectivity index (χ1) is 33.1. The zero-order chi connectivity index (χ0) is 47.8. The molecule has 356 valence electrons. The van der Waals surface area contributed by atoms with Crippen LogP contribution in [0.5, 0.6) is 23.0 Å². The number of anilines is 2. The first kappa shape index (κ1) is 49.0. The number of benzene rings is 4. The van der Waals surface area contributed by atoms with Gasteiger partial charge in [0.05, 0.1) is 66.1 Å². The molecule has 0 saturated heterocycles. The number of methoxy groups -OCH3 is 1. The molecule has 2 aliphatic carbocycles. The van der Waals surface area contributed by atoms with Crippen molar-refractivity contribution in [1.82, 2.24) is 4.98 Å². The third kappa shape index (κ3) is 13.6. The molecule has 1 heterocycles. The van der Waals surface area contributed by atoms with Gasteiger partial charge >= 0.3 is 29.8 Å². The SMILES string of the molecule is C=CC(=O)OCCCCCCOc1ccc(OC(=O)C2CCC(C(=O)Oc3ccc(OC(=O)C4CCC(C(=O)OC)CC4)c(/C=N/N(c4ccc(C)cc4)c4nc5ccccc5s4)c3)CC2)cc1. The van der Waals surface area contributed by atoms with E-state index in [1.54, 1.807) is 53.7 Å². The van der Waals surface area contributed by atoms with E-state index in [0.29, 0.717) is 86.8 Å². The van der Waals surface area contributed by atoms with Gasteiger partial charge in [-0.2, -0.15) is 5.10 Å². The molecule has 0 amide bonds. The quantitative estimate of drug-likeness (QED) is 0.0181. The van der Waals surface area contributed by atoms with Crippen molar-refractivity contribution in [3.8, 4) is 23.0 Å². The standard InChI is InChI=1S/C53H57N3O11S/c1-4-48(57)64-32-10-6-5-9-31-63-42-25-27-43(28-26-42)65-50(59)37-19-21-38(22-20-37)51(60)66-44-29-30-46(67-52(61)39-17-15-36(16-18-39)49(58)62-3)40(33-44)34-54-56(41-23-13-35(2)14-24-41)53-55-45-11-7-8-12-47(45)68-53/h4,7-8,11-14,23-30,33-34,36-39H,1,5-6,9-10,15-22,31-32H2,2-3H3/b54-34+. The topological polar surface area (TPSA) is 169 Å². The van der Waals surface area contributed by atoms with Crippen LogP contribution in [0.1, 0.15) is 88.2 Å². The predicted molar refractivity (Wildman–Crippen MR) is 258 cm³/mol. The van der Waals surface area contributed by atoms with Gasteiger partial charge in [-0.25, -0.2) is 14.8 Å². The van der Waals surface area contributed by atoms with Crippen LogP contribution in [0.3, 0.4) is 0 Å². The molecule has 2 saturated carbocycles. The number of hydrazone groups is 1. The normalized spacial score (nSPS) is 18.0. The Kier molecular flexibility index (Phi) is 17.5. The van der Waals surface area contributed by atoms with Gasteiger partial charge in [-0.05, 0) is 151 Å². The molecule has 1 aromatic heterocycles.